The molecular formula is C9H8ClNO3. The highest BCUT2D eigenvalue weighted by atomic mass is 35.5. The summed E-state index contributed by atoms with van der Waals surface area (Å²) in [6.45, 7) is 0. The van der Waals surface area contributed by atoms with Gasteiger partial charge in [-0.1, -0.05) is 11.6 Å². The van der Waals surface area contributed by atoms with Gasteiger partial charge >= 0.3 is 5.97 Å². The number of pyridine rings is 1. The molecule has 0 saturated heterocycles. The van der Waals surface area contributed by atoms with Gasteiger partial charge in [-0.3, -0.25) is 4.98 Å². The van der Waals surface area contributed by atoms with E-state index in [1.807, 2.05) is 0 Å². The van der Waals surface area contributed by atoms with Crippen LogP contribution in [0, 0.1) is 0 Å². The zero-order valence-electron chi connectivity index (χ0n) is 7.40. The molecule has 0 atom stereocenters. The quantitative estimate of drug-likeness (QED) is 0.599. The van der Waals surface area contributed by atoms with Crippen molar-refractivity contribution in [2.24, 2.45) is 0 Å². The van der Waals surface area contributed by atoms with E-state index in [4.69, 9.17) is 11.6 Å². The molecule has 0 aromatic carbocycles. The van der Waals surface area contributed by atoms with Crippen molar-refractivity contribution in [2.45, 2.75) is 0 Å². The minimum atomic E-state index is -0.513. The van der Waals surface area contributed by atoms with Crippen molar-refractivity contribution in [2.75, 3.05) is 7.11 Å². The molecule has 1 aromatic rings. The van der Waals surface area contributed by atoms with Crippen LogP contribution in [-0.2, 0) is 9.53 Å². The molecule has 0 bridgehead atoms. The van der Waals surface area contributed by atoms with Gasteiger partial charge in [0.25, 0.3) is 0 Å². The second kappa shape index (κ2) is 4.62. The summed E-state index contributed by atoms with van der Waals surface area (Å²) in [4.78, 5) is 14.5. The summed E-state index contributed by atoms with van der Waals surface area (Å²) in [7, 11) is 1.27. The Balaban J connectivity index is 2.87. The van der Waals surface area contributed by atoms with E-state index >= 15 is 0 Å². The van der Waals surface area contributed by atoms with E-state index in [9.17, 15) is 9.90 Å². The Morgan fingerprint density at radius 3 is 3.00 bits per heavy atom. The van der Waals surface area contributed by atoms with Crippen LogP contribution in [-0.4, -0.2) is 23.2 Å². The molecule has 0 amide bonds. The van der Waals surface area contributed by atoms with Crippen molar-refractivity contribution in [3.8, 4) is 5.75 Å². The Morgan fingerprint density at radius 2 is 2.43 bits per heavy atom. The van der Waals surface area contributed by atoms with Gasteiger partial charge in [0.05, 0.1) is 12.1 Å². The number of aromatic nitrogens is 1. The molecule has 1 N–H and O–H groups in total. The Bertz CT molecular complexity index is 376. The summed E-state index contributed by atoms with van der Waals surface area (Å²) in [6.07, 6.45) is 3.88. The molecule has 74 valence electrons. The third kappa shape index (κ3) is 2.74. The van der Waals surface area contributed by atoms with Crippen LogP contribution in [0.4, 0.5) is 0 Å². The van der Waals surface area contributed by atoms with Crippen LogP contribution < -0.4 is 0 Å². The monoisotopic (exact) mass is 213 g/mol. The second-order valence-electron chi connectivity index (χ2n) is 2.41. The largest absolute Gasteiger partial charge is 0.506 e. The minimum Gasteiger partial charge on any atom is -0.506 e. The highest BCUT2D eigenvalue weighted by molar-refractivity contribution is 6.30. The summed E-state index contributed by atoms with van der Waals surface area (Å²) >= 11 is 5.57. The minimum absolute atomic E-state index is 0.0855. The predicted octanol–water partition coefficient (Wildman–Crippen LogP) is 1.63. The smallest absolute Gasteiger partial charge is 0.330 e. The van der Waals surface area contributed by atoms with E-state index in [1.165, 1.54) is 25.4 Å². The van der Waals surface area contributed by atoms with Gasteiger partial charge in [0.1, 0.15) is 11.4 Å². The van der Waals surface area contributed by atoms with Crippen molar-refractivity contribution in [3.05, 3.63) is 29.1 Å². The van der Waals surface area contributed by atoms with Crippen molar-refractivity contribution < 1.29 is 14.6 Å². The number of carbonyl (C=O) groups is 1. The summed E-state index contributed by atoms with van der Waals surface area (Å²) in [6, 6.07) is 1.34. The van der Waals surface area contributed by atoms with E-state index in [1.54, 1.807) is 0 Å². The summed E-state index contributed by atoms with van der Waals surface area (Å²) < 4.78 is 4.37. The standard InChI is InChI=1S/C9H8ClNO3/c1-14-9(13)3-2-7-8(12)4-6(10)5-11-7/h2-5,12H,1H3/b3-2+. The van der Waals surface area contributed by atoms with Gasteiger partial charge in [-0.25, -0.2) is 4.79 Å². The van der Waals surface area contributed by atoms with Gasteiger partial charge in [-0.2, -0.15) is 0 Å². The molecule has 5 heteroatoms. The van der Waals surface area contributed by atoms with Crippen molar-refractivity contribution in [1.82, 2.24) is 4.98 Å². The van der Waals surface area contributed by atoms with Gasteiger partial charge in [-0.05, 0) is 6.08 Å². The van der Waals surface area contributed by atoms with E-state index < -0.39 is 5.97 Å². The Morgan fingerprint density at radius 1 is 1.71 bits per heavy atom. The van der Waals surface area contributed by atoms with Crippen molar-refractivity contribution in [3.63, 3.8) is 0 Å². The lowest BCUT2D eigenvalue weighted by atomic mass is 10.3. The molecule has 1 heterocycles. The number of ether oxygens (including phenoxy) is 1. The van der Waals surface area contributed by atoms with Crippen molar-refractivity contribution >= 4 is 23.6 Å². The molecule has 0 unspecified atom stereocenters. The Hall–Kier alpha value is -1.55. The normalized spacial score (nSPS) is 10.4. The van der Waals surface area contributed by atoms with E-state index in [2.05, 4.69) is 9.72 Å². The average Bonchev–Trinajstić information content (AvgIpc) is 2.16. The maximum Gasteiger partial charge on any atom is 0.330 e. The fourth-order valence-corrected chi connectivity index (χ4v) is 0.935. The molecule has 14 heavy (non-hydrogen) atoms. The lowest BCUT2D eigenvalue weighted by Crippen LogP contribution is -1.93. The average molecular weight is 214 g/mol. The first kappa shape index (κ1) is 10.5. The first-order valence-electron chi connectivity index (χ1n) is 3.74. The number of aromatic hydroxyl groups is 1. The number of methoxy groups -OCH3 is 1. The number of halogens is 1. The van der Waals surface area contributed by atoms with Crippen molar-refractivity contribution in [1.29, 1.82) is 0 Å². The first-order valence-corrected chi connectivity index (χ1v) is 4.12. The van der Waals surface area contributed by atoms with Gasteiger partial charge in [0, 0.05) is 18.3 Å². The van der Waals surface area contributed by atoms with Crippen LogP contribution in [0.25, 0.3) is 6.08 Å². The van der Waals surface area contributed by atoms with E-state index in [0.29, 0.717) is 5.02 Å². The topological polar surface area (TPSA) is 59.4 Å². The highest BCUT2D eigenvalue weighted by Gasteiger charge is 2.00. The zero-order valence-corrected chi connectivity index (χ0v) is 8.15. The molecule has 0 fully saturated rings. The summed E-state index contributed by atoms with van der Waals surface area (Å²) in [5, 5.41) is 9.66. The summed E-state index contributed by atoms with van der Waals surface area (Å²) in [5.41, 5.74) is 0.264. The summed E-state index contributed by atoms with van der Waals surface area (Å²) in [5.74, 6) is -0.598. The first-order chi connectivity index (χ1) is 6.63. The van der Waals surface area contributed by atoms with Gasteiger partial charge in [0.15, 0.2) is 0 Å². The molecule has 0 aliphatic carbocycles. The molecule has 0 radical (unpaired) electrons. The zero-order chi connectivity index (χ0) is 10.6. The third-order valence-corrected chi connectivity index (χ3v) is 1.65. The molecule has 1 rings (SSSR count). The predicted molar refractivity (Wildman–Crippen MR) is 52.0 cm³/mol. The number of hydrogen-bond donors (Lipinski definition) is 1. The highest BCUT2D eigenvalue weighted by Crippen LogP contribution is 2.19. The fraction of sp³-hybridized carbons (Fsp3) is 0.111. The Labute approximate surface area is 85.8 Å². The molecule has 0 aliphatic heterocycles. The van der Waals surface area contributed by atoms with E-state index in [0.717, 1.165) is 6.08 Å². The van der Waals surface area contributed by atoms with E-state index in [-0.39, 0.29) is 11.4 Å². The number of nitrogens with zero attached hydrogens (tertiary/aromatic N) is 1. The lowest BCUT2D eigenvalue weighted by Gasteiger charge is -1.97. The maximum absolute atomic E-state index is 10.7. The third-order valence-electron chi connectivity index (χ3n) is 1.44. The van der Waals surface area contributed by atoms with Gasteiger partial charge < -0.3 is 9.84 Å². The molecule has 0 spiro atoms. The van der Waals surface area contributed by atoms with Gasteiger partial charge in [-0.15, -0.1) is 0 Å². The maximum atomic E-state index is 10.7. The van der Waals surface area contributed by atoms with Crippen LogP contribution in [0.1, 0.15) is 5.69 Å². The lowest BCUT2D eigenvalue weighted by molar-refractivity contribution is -0.134. The molecule has 0 aliphatic rings. The Kier molecular flexibility index (Phi) is 3.48. The number of esters is 1. The second-order valence-corrected chi connectivity index (χ2v) is 2.85. The number of rotatable bonds is 2. The molecule has 4 nitrogen and oxygen atoms in total. The molecule has 1 aromatic heterocycles. The van der Waals surface area contributed by atoms with Crippen LogP contribution in [0.5, 0.6) is 5.75 Å². The van der Waals surface area contributed by atoms with Crippen LogP contribution in [0.2, 0.25) is 5.02 Å². The van der Waals surface area contributed by atoms with Crippen LogP contribution in [0.3, 0.4) is 0 Å². The van der Waals surface area contributed by atoms with Crippen LogP contribution in [0.15, 0.2) is 18.3 Å². The fourth-order valence-electron chi connectivity index (χ4n) is 0.783. The molecular weight excluding hydrogens is 206 g/mol. The van der Waals surface area contributed by atoms with Crippen LogP contribution >= 0.6 is 11.6 Å². The number of carbonyl (C=O) groups excluding carboxylic acids is 1. The number of hydrogen-bond acceptors (Lipinski definition) is 4. The molecule has 0 saturated carbocycles. The SMILES string of the molecule is COC(=O)/C=C/c1ncc(Cl)cc1O. The van der Waals surface area contributed by atoms with Gasteiger partial charge in [0.2, 0.25) is 0 Å².